The molecule has 3 aromatic heterocycles. The third-order valence-corrected chi connectivity index (χ3v) is 16.7. The van der Waals surface area contributed by atoms with Gasteiger partial charge in [0, 0.05) is 129 Å². The van der Waals surface area contributed by atoms with Crippen LogP contribution in [0.25, 0.3) is 11.1 Å². The Balaban J connectivity index is 0.725. The van der Waals surface area contributed by atoms with Gasteiger partial charge in [0.15, 0.2) is 5.82 Å². The van der Waals surface area contributed by atoms with E-state index in [9.17, 15) is 23.6 Å². The first-order valence-corrected chi connectivity index (χ1v) is 25.9. The van der Waals surface area contributed by atoms with Crippen molar-refractivity contribution >= 4 is 40.9 Å². The van der Waals surface area contributed by atoms with Gasteiger partial charge in [-0.1, -0.05) is 39.3 Å². The molecule has 5 aliphatic rings. The fourth-order valence-corrected chi connectivity index (χ4v) is 12.9. The third kappa shape index (κ3) is 9.40. The van der Waals surface area contributed by atoms with Crippen LogP contribution in [0.5, 0.6) is 5.75 Å². The summed E-state index contributed by atoms with van der Waals surface area (Å²) < 4.78 is 39.8. The van der Waals surface area contributed by atoms with Gasteiger partial charge in [0.2, 0.25) is 11.9 Å². The average Bonchev–Trinajstić information content (AvgIpc) is 3.99. The topological polar surface area (TPSA) is 154 Å². The van der Waals surface area contributed by atoms with Crippen LogP contribution in [0.3, 0.4) is 0 Å². The lowest BCUT2D eigenvalue weighted by Crippen LogP contribution is -2.74. The molecule has 72 heavy (non-hydrogen) atoms. The van der Waals surface area contributed by atoms with Gasteiger partial charge in [-0.2, -0.15) is 15.5 Å². The van der Waals surface area contributed by atoms with Gasteiger partial charge in [-0.05, 0) is 92.8 Å². The Morgan fingerprint density at radius 3 is 2.35 bits per heavy atom. The van der Waals surface area contributed by atoms with Crippen LogP contribution in [0.4, 0.5) is 26.2 Å². The number of carbonyl (C=O) groups is 2. The number of hydrogen-bond acceptors (Lipinski definition) is 11. The van der Waals surface area contributed by atoms with E-state index in [4.69, 9.17) is 21.4 Å². The van der Waals surface area contributed by atoms with E-state index in [1.165, 1.54) is 0 Å². The average molecular weight is 1000 g/mol. The van der Waals surface area contributed by atoms with Gasteiger partial charge in [-0.3, -0.25) is 19.0 Å². The monoisotopic (exact) mass is 1000 g/mol. The summed E-state index contributed by atoms with van der Waals surface area (Å²) in [6, 6.07) is 10.8. The van der Waals surface area contributed by atoms with Crippen molar-refractivity contribution in [3.8, 4) is 22.9 Å². The van der Waals surface area contributed by atoms with Crippen LogP contribution < -0.4 is 19.9 Å². The van der Waals surface area contributed by atoms with E-state index >= 15 is 0 Å². The van der Waals surface area contributed by atoms with Crippen molar-refractivity contribution in [1.82, 2.24) is 44.6 Å². The summed E-state index contributed by atoms with van der Waals surface area (Å²) in [5.74, 6) is 2.42. The zero-order valence-corrected chi connectivity index (χ0v) is 42.9. The van der Waals surface area contributed by atoms with Crippen LogP contribution in [0, 0.1) is 28.1 Å². The normalized spacial score (nSPS) is 21.2. The number of fused-ring (bicyclic) bond motifs is 2. The summed E-state index contributed by atoms with van der Waals surface area (Å²) in [6.07, 6.45) is 11.3. The van der Waals surface area contributed by atoms with E-state index in [0.717, 1.165) is 106 Å². The van der Waals surface area contributed by atoms with Crippen molar-refractivity contribution in [3.05, 3.63) is 93.7 Å². The summed E-state index contributed by atoms with van der Waals surface area (Å²) in [6.45, 7) is 16.4. The predicted molar refractivity (Wildman–Crippen MR) is 272 cm³/mol. The Morgan fingerprint density at radius 2 is 1.69 bits per heavy atom. The molecule has 4 aliphatic heterocycles. The number of alkyl halides is 2. The lowest BCUT2D eigenvalue weighted by Gasteiger charge is -2.63. The van der Waals surface area contributed by atoms with Crippen molar-refractivity contribution in [2.24, 2.45) is 23.8 Å². The molecule has 0 bridgehead atoms. The molecular formula is C54H65ClF2N12O3. The fraction of sp³-hybridized carbons (Fsp3) is 0.537. The third-order valence-electron chi connectivity index (χ3n) is 16.4. The van der Waals surface area contributed by atoms with Crippen LogP contribution in [-0.2, 0) is 31.2 Å². The molecule has 1 aliphatic carbocycles. The number of amides is 2. The maximum atomic E-state index is 14.8. The maximum Gasteiger partial charge on any atom is 0.264 e. The lowest BCUT2D eigenvalue weighted by atomic mass is 9.49. The maximum absolute atomic E-state index is 14.8. The summed E-state index contributed by atoms with van der Waals surface area (Å²) in [5.41, 5.74) is 5.19. The number of ether oxygens (including phenoxy) is 1. The highest BCUT2D eigenvalue weighted by atomic mass is 35.5. The second kappa shape index (κ2) is 19.7. The van der Waals surface area contributed by atoms with Gasteiger partial charge in [0.25, 0.3) is 12.3 Å². The highest BCUT2D eigenvalue weighted by molar-refractivity contribution is 6.31. The lowest BCUT2D eigenvalue weighted by molar-refractivity contribution is -0.164. The molecule has 0 unspecified atom stereocenters. The second-order valence-electron chi connectivity index (χ2n) is 21.8. The molecule has 1 saturated carbocycles. The Kier molecular flexibility index (Phi) is 13.5. The summed E-state index contributed by atoms with van der Waals surface area (Å²) in [4.78, 5) is 44.4. The molecular weight excluding hydrogens is 938 g/mol. The van der Waals surface area contributed by atoms with Crippen molar-refractivity contribution in [1.29, 1.82) is 5.26 Å². The van der Waals surface area contributed by atoms with Gasteiger partial charge < -0.3 is 29.7 Å². The summed E-state index contributed by atoms with van der Waals surface area (Å²) >= 11 is 6.27. The van der Waals surface area contributed by atoms with E-state index in [1.807, 2.05) is 11.0 Å². The molecule has 1 N–H and O–H groups in total. The number of carbonyl (C=O) groups excluding carboxylic acids is 2. The summed E-state index contributed by atoms with van der Waals surface area (Å²) in [7, 11) is 1.79. The van der Waals surface area contributed by atoms with Crippen LogP contribution in [-0.4, -0.2) is 109 Å². The van der Waals surface area contributed by atoms with E-state index < -0.39 is 17.3 Å². The number of nitriles is 1. The first kappa shape index (κ1) is 49.5. The quantitative estimate of drug-likeness (QED) is 0.127. The SMILES string of the molecule is CC(=O)N1CCc2c(c(N3CCCc4cc(-c5cnn(C)c5)c(C(F)F)cc43)nn2C2CCN(CCC3CCN(c4ncc(C(=O)NC5C(C)(C)C(Oc6ccc(C#N)c(Cl)c6)C5(C)C)cn4)CC3)CC2)C1. The smallest absolute Gasteiger partial charge is 0.264 e. The van der Waals surface area contributed by atoms with Crippen molar-refractivity contribution < 1.29 is 23.1 Å². The highest BCUT2D eigenvalue weighted by Crippen LogP contribution is 2.56. The molecule has 7 heterocycles. The molecule has 10 rings (SSSR count). The molecule has 15 nitrogen and oxygen atoms in total. The summed E-state index contributed by atoms with van der Waals surface area (Å²) in [5, 5.41) is 22.5. The first-order chi connectivity index (χ1) is 34.5. The Bertz CT molecular complexity index is 2860. The van der Waals surface area contributed by atoms with Crippen LogP contribution >= 0.6 is 11.6 Å². The van der Waals surface area contributed by atoms with E-state index in [2.05, 4.69) is 73.5 Å². The zero-order valence-electron chi connectivity index (χ0n) is 42.2. The molecule has 2 amide bonds. The fourth-order valence-electron chi connectivity index (χ4n) is 12.7. The molecule has 3 fully saturated rings. The van der Waals surface area contributed by atoms with Crippen molar-refractivity contribution in [2.45, 2.75) is 117 Å². The molecule has 5 aromatic rings. The van der Waals surface area contributed by atoms with Crippen LogP contribution in [0.2, 0.25) is 5.02 Å². The number of piperidine rings is 2. The van der Waals surface area contributed by atoms with Gasteiger partial charge in [0.05, 0.1) is 34.9 Å². The minimum absolute atomic E-state index is 0.0118. The largest absolute Gasteiger partial charge is 0.489 e. The number of aryl methyl sites for hydroxylation is 2. The van der Waals surface area contributed by atoms with Crippen molar-refractivity contribution in [3.63, 3.8) is 0 Å². The highest BCUT2D eigenvalue weighted by Gasteiger charge is 2.64. The number of likely N-dealkylation sites (tertiary alicyclic amines) is 1. The number of anilines is 3. The minimum Gasteiger partial charge on any atom is -0.489 e. The van der Waals surface area contributed by atoms with E-state index in [0.29, 0.717) is 70.9 Å². The molecule has 2 saturated heterocycles. The first-order valence-electron chi connectivity index (χ1n) is 25.5. The van der Waals surface area contributed by atoms with Crippen molar-refractivity contribution in [2.75, 3.05) is 55.6 Å². The van der Waals surface area contributed by atoms with Crippen LogP contribution in [0.1, 0.15) is 124 Å². The number of benzene rings is 2. The molecule has 0 atom stereocenters. The number of nitrogens with one attached hydrogen (secondary N) is 1. The Morgan fingerprint density at radius 1 is 0.958 bits per heavy atom. The van der Waals surface area contributed by atoms with Gasteiger partial charge in [0.1, 0.15) is 17.9 Å². The van der Waals surface area contributed by atoms with Crippen LogP contribution in [0.15, 0.2) is 55.1 Å². The minimum atomic E-state index is -2.66. The Labute approximate surface area is 425 Å². The number of halogens is 3. The second-order valence-corrected chi connectivity index (χ2v) is 22.2. The number of rotatable bonds is 12. The molecule has 0 spiro atoms. The predicted octanol–water partition coefficient (Wildman–Crippen LogP) is 9.08. The molecule has 2 aromatic carbocycles. The van der Waals surface area contributed by atoms with E-state index in [-0.39, 0.29) is 35.6 Å². The van der Waals surface area contributed by atoms with Gasteiger partial charge >= 0.3 is 0 Å². The molecule has 380 valence electrons. The number of hydrogen-bond donors (Lipinski definition) is 1. The van der Waals surface area contributed by atoms with E-state index in [1.54, 1.807) is 67.7 Å². The van der Waals surface area contributed by atoms with Gasteiger partial charge in [-0.25, -0.2) is 18.7 Å². The molecule has 0 radical (unpaired) electrons. The van der Waals surface area contributed by atoms with Gasteiger partial charge in [-0.15, -0.1) is 0 Å². The Hall–Kier alpha value is -6.12. The zero-order chi connectivity index (χ0) is 50.6. The number of nitrogens with zero attached hydrogens (tertiary/aromatic N) is 11. The molecule has 18 heteroatoms. The number of aromatic nitrogens is 6. The standard InChI is InChI=1S/C54H65ClF2N12O3/c1-33(70)67-23-16-45-43(32-67)48(68-17-7-8-35-24-41(38-30-61-64(6)31-38)42(47(56)57)26-46(35)68)63-69(45)39-14-19-65(20-15-39)18-11-34-12-21-66(22-13-34)52-59-28-37(29-60-52)49(71)62-50-53(2,3)51(54(50,4)5)72-40-10-9-36(27-58)44(55)25-40/h9-10,24-26,28-31,34,39,47,50-51H,7-8,11-23,32H2,1-6H3,(H,62,71).